The minimum atomic E-state index is 0.271. The Morgan fingerprint density at radius 2 is 1.02 bits per heavy atom. The predicted octanol–water partition coefficient (Wildman–Crippen LogP) is 13.2. The molecule has 3 aliphatic rings. The molecule has 0 atom stereocenters. The highest BCUT2D eigenvalue weighted by Gasteiger charge is 2.62. The van der Waals surface area contributed by atoms with E-state index >= 15 is 0 Å². The zero-order valence-electron chi connectivity index (χ0n) is 28.8. The molecule has 46 heavy (non-hydrogen) atoms. The second kappa shape index (κ2) is 13.4. The zero-order valence-corrected chi connectivity index (χ0v) is 28.8. The number of unbranched alkanes of at least 4 members (excludes halogenated alkanes) is 6. The summed E-state index contributed by atoms with van der Waals surface area (Å²) < 4.78 is 0. The van der Waals surface area contributed by atoms with Crippen molar-refractivity contribution in [3.63, 3.8) is 0 Å². The maximum Gasteiger partial charge on any atom is 0.0465 e. The van der Waals surface area contributed by atoms with Crippen molar-refractivity contribution in [2.45, 2.75) is 134 Å². The number of rotatable bonds is 13. The van der Waals surface area contributed by atoms with Gasteiger partial charge in [-0.3, -0.25) is 0 Å². The molecule has 0 aliphatic heterocycles. The Bertz CT molecular complexity index is 1590. The smallest absolute Gasteiger partial charge is 0.0465 e. The summed E-state index contributed by atoms with van der Waals surface area (Å²) >= 11 is 0. The standard InChI is InChI=1S/C45H55N/c1-4-6-8-10-16-35-18-12-20-37(31-35)46(38-21-13-19-36(32-38)17-11-9-7-5-2)39-23-25-41-40-24-22-34(3)30-42(40)44-26-14-28-45(44,29-15-27-44)43(41)33-39/h12-13,18-25,30-33H,4-11,14-17,26-29H2,1-3H3. The summed E-state index contributed by atoms with van der Waals surface area (Å²) in [6, 6.07) is 33.8. The van der Waals surface area contributed by atoms with Gasteiger partial charge in [0.1, 0.15) is 0 Å². The Morgan fingerprint density at radius 1 is 0.522 bits per heavy atom. The van der Waals surface area contributed by atoms with Crippen LogP contribution in [-0.2, 0) is 23.7 Å². The summed E-state index contributed by atoms with van der Waals surface area (Å²) in [6.07, 6.45) is 20.8. The van der Waals surface area contributed by atoms with E-state index in [4.69, 9.17) is 0 Å². The van der Waals surface area contributed by atoms with E-state index < -0.39 is 0 Å². The molecule has 1 nitrogen and oxygen atoms in total. The fourth-order valence-corrected chi connectivity index (χ4v) is 9.90. The quantitative estimate of drug-likeness (QED) is 0.136. The van der Waals surface area contributed by atoms with Crippen molar-refractivity contribution in [2.24, 2.45) is 0 Å². The first kappa shape index (κ1) is 31.3. The highest BCUT2D eigenvalue weighted by molar-refractivity contribution is 5.84. The van der Waals surface area contributed by atoms with E-state index in [-0.39, 0.29) is 5.41 Å². The summed E-state index contributed by atoms with van der Waals surface area (Å²) in [6.45, 7) is 6.89. The van der Waals surface area contributed by atoms with Crippen molar-refractivity contribution in [3.05, 3.63) is 113 Å². The Balaban J connectivity index is 1.34. The fraction of sp³-hybridized carbons (Fsp3) is 0.467. The molecule has 0 unspecified atom stereocenters. The van der Waals surface area contributed by atoms with Crippen molar-refractivity contribution >= 4 is 17.1 Å². The van der Waals surface area contributed by atoms with Gasteiger partial charge in [0, 0.05) is 27.9 Å². The molecule has 4 aromatic rings. The summed E-state index contributed by atoms with van der Waals surface area (Å²) in [7, 11) is 0. The van der Waals surface area contributed by atoms with E-state index in [1.807, 2.05) is 0 Å². The summed E-state index contributed by atoms with van der Waals surface area (Å²) in [5, 5.41) is 0. The lowest BCUT2D eigenvalue weighted by molar-refractivity contribution is 0.299. The SMILES string of the molecule is CCCCCCc1cccc(N(c2cccc(CCCCCC)c2)c2ccc3c(c2)C24CCCC2(CCC4)c2cc(C)ccc2-3)c1. The number of hydrogen-bond donors (Lipinski definition) is 0. The molecule has 0 amide bonds. The molecule has 0 bridgehead atoms. The molecular formula is C45H55N. The molecule has 4 aromatic carbocycles. The van der Waals surface area contributed by atoms with Gasteiger partial charge in [-0.25, -0.2) is 0 Å². The third-order valence-corrected chi connectivity index (χ3v) is 12.1. The molecule has 0 saturated heterocycles. The Labute approximate surface area is 279 Å². The van der Waals surface area contributed by atoms with Gasteiger partial charge in [-0.2, -0.15) is 0 Å². The van der Waals surface area contributed by atoms with E-state index in [2.05, 4.69) is 111 Å². The predicted molar refractivity (Wildman–Crippen MR) is 198 cm³/mol. The van der Waals surface area contributed by atoms with E-state index in [0.717, 1.165) is 12.8 Å². The van der Waals surface area contributed by atoms with Crippen LogP contribution in [0.3, 0.4) is 0 Å². The van der Waals surface area contributed by atoms with Crippen LogP contribution in [0.25, 0.3) is 11.1 Å². The molecule has 0 aromatic heterocycles. The molecule has 3 aliphatic carbocycles. The average Bonchev–Trinajstić information content (AvgIpc) is 3.65. The van der Waals surface area contributed by atoms with Crippen LogP contribution in [-0.4, -0.2) is 0 Å². The second-order valence-corrected chi connectivity index (χ2v) is 14.9. The van der Waals surface area contributed by atoms with Crippen LogP contribution < -0.4 is 4.90 Å². The molecule has 2 fully saturated rings. The van der Waals surface area contributed by atoms with Crippen LogP contribution in [0.4, 0.5) is 17.1 Å². The first-order valence-corrected chi connectivity index (χ1v) is 18.8. The minimum absolute atomic E-state index is 0.271. The largest absolute Gasteiger partial charge is 0.310 e. The molecule has 0 radical (unpaired) electrons. The monoisotopic (exact) mass is 609 g/mol. The van der Waals surface area contributed by atoms with Crippen LogP contribution in [0.5, 0.6) is 0 Å². The third-order valence-electron chi connectivity index (χ3n) is 12.1. The first-order chi connectivity index (χ1) is 22.6. The van der Waals surface area contributed by atoms with Crippen molar-refractivity contribution in [1.82, 2.24) is 0 Å². The lowest BCUT2D eigenvalue weighted by Crippen LogP contribution is -2.43. The van der Waals surface area contributed by atoms with Crippen molar-refractivity contribution in [1.29, 1.82) is 0 Å². The van der Waals surface area contributed by atoms with Gasteiger partial charge in [0.15, 0.2) is 0 Å². The molecule has 0 spiro atoms. The highest BCUT2D eigenvalue weighted by Crippen LogP contribution is 2.69. The van der Waals surface area contributed by atoms with Gasteiger partial charge in [-0.05, 0) is 128 Å². The minimum Gasteiger partial charge on any atom is -0.310 e. The van der Waals surface area contributed by atoms with Gasteiger partial charge in [-0.1, -0.05) is 119 Å². The molecule has 1 heteroatoms. The lowest BCUT2D eigenvalue weighted by Gasteiger charge is -2.48. The summed E-state index contributed by atoms with van der Waals surface area (Å²) in [5.74, 6) is 0. The maximum absolute atomic E-state index is 2.64. The van der Waals surface area contributed by atoms with Gasteiger partial charge in [-0.15, -0.1) is 0 Å². The van der Waals surface area contributed by atoms with Crippen LogP contribution in [0, 0.1) is 6.92 Å². The average molecular weight is 610 g/mol. The number of benzene rings is 4. The van der Waals surface area contributed by atoms with Gasteiger partial charge in [0.2, 0.25) is 0 Å². The van der Waals surface area contributed by atoms with Gasteiger partial charge >= 0.3 is 0 Å². The van der Waals surface area contributed by atoms with E-state index in [1.165, 1.54) is 135 Å². The van der Waals surface area contributed by atoms with Gasteiger partial charge < -0.3 is 4.90 Å². The van der Waals surface area contributed by atoms with Crippen molar-refractivity contribution < 1.29 is 0 Å². The van der Waals surface area contributed by atoms with Gasteiger partial charge in [0.25, 0.3) is 0 Å². The van der Waals surface area contributed by atoms with Gasteiger partial charge in [0.05, 0.1) is 0 Å². The topological polar surface area (TPSA) is 3.24 Å². The summed E-state index contributed by atoms with van der Waals surface area (Å²) in [4.78, 5) is 2.58. The van der Waals surface area contributed by atoms with Crippen LogP contribution >= 0.6 is 0 Å². The van der Waals surface area contributed by atoms with E-state index in [9.17, 15) is 0 Å². The van der Waals surface area contributed by atoms with E-state index in [0.29, 0.717) is 5.41 Å². The third kappa shape index (κ3) is 5.52. The fourth-order valence-electron chi connectivity index (χ4n) is 9.90. The molecule has 7 rings (SSSR count). The van der Waals surface area contributed by atoms with Crippen molar-refractivity contribution in [2.75, 3.05) is 4.90 Å². The maximum atomic E-state index is 2.64. The number of aryl methyl sites for hydroxylation is 3. The number of anilines is 3. The molecule has 0 N–H and O–H groups in total. The first-order valence-electron chi connectivity index (χ1n) is 18.8. The number of fused-ring (bicyclic) bond motifs is 3. The van der Waals surface area contributed by atoms with Crippen LogP contribution in [0.1, 0.15) is 132 Å². The second-order valence-electron chi connectivity index (χ2n) is 14.9. The van der Waals surface area contributed by atoms with Crippen molar-refractivity contribution in [3.8, 4) is 11.1 Å². The molecule has 2 saturated carbocycles. The molecule has 240 valence electrons. The normalized spacial score (nSPS) is 21.0. The Kier molecular flexibility index (Phi) is 9.13. The number of hydrogen-bond acceptors (Lipinski definition) is 1. The Morgan fingerprint density at radius 3 is 1.57 bits per heavy atom. The van der Waals surface area contributed by atoms with Crippen LogP contribution in [0.2, 0.25) is 0 Å². The zero-order chi connectivity index (χ0) is 31.6. The molecular weight excluding hydrogens is 555 g/mol. The molecule has 0 heterocycles. The Hall–Kier alpha value is -3.32. The van der Waals surface area contributed by atoms with Crippen LogP contribution in [0.15, 0.2) is 84.9 Å². The van der Waals surface area contributed by atoms with E-state index in [1.54, 1.807) is 11.1 Å². The highest BCUT2D eigenvalue weighted by atomic mass is 15.1. The lowest BCUT2D eigenvalue weighted by atomic mass is 9.55. The number of nitrogens with zero attached hydrogens (tertiary/aromatic N) is 1. The summed E-state index contributed by atoms with van der Waals surface area (Å²) in [5.41, 5.74) is 15.1.